The Labute approximate surface area is 169 Å². The van der Waals surface area contributed by atoms with E-state index in [4.69, 9.17) is 23.6 Å². The third-order valence-corrected chi connectivity index (χ3v) is 4.53. The van der Waals surface area contributed by atoms with Crippen LogP contribution in [-0.2, 0) is 18.9 Å². The standard InChI is InChI=1S/C20H26BF2NO5/c1-25-10-11-27-14-15-28-13-12-26-9-8-24-16-18-7-6-17-4-2-3-5-19(17)20(18)29-21(24,22)23/h2-7,16H,8-15H2,1H3. The number of hydrogen-bond acceptors (Lipinski definition) is 5. The van der Waals surface area contributed by atoms with Crippen LogP contribution in [0.5, 0.6) is 5.75 Å². The van der Waals surface area contributed by atoms with Gasteiger partial charge in [-0.1, -0.05) is 30.3 Å². The molecule has 0 amide bonds. The molecule has 2 aromatic rings. The summed E-state index contributed by atoms with van der Waals surface area (Å²) in [5, 5.41) is 1.55. The van der Waals surface area contributed by atoms with Crippen molar-refractivity contribution in [2.45, 2.75) is 0 Å². The third kappa shape index (κ3) is 5.96. The fraction of sp³-hybridized carbons (Fsp3) is 0.450. The Morgan fingerprint density at radius 1 is 0.862 bits per heavy atom. The van der Waals surface area contributed by atoms with Crippen molar-refractivity contribution in [3.8, 4) is 5.75 Å². The number of ether oxygens (including phenoxy) is 4. The number of nitrogens with zero attached hydrogens (tertiary/aromatic N) is 1. The van der Waals surface area contributed by atoms with Gasteiger partial charge in [-0.25, -0.2) is 0 Å². The summed E-state index contributed by atoms with van der Waals surface area (Å²) in [5.41, 5.74) is 0.633. The zero-order valence-corrected chi connectivity index (χ0v) is 16.5. The Kier molecular flexibility index (Phi) is 7.94. The van der Waals surface area contributed by atoms with Gasteiger partial charge in [0.15, 0.2) is 0 Å². The molecule has 0 unspecified atom stereocenters. The predicted molar refractivity (Wildman–Crippen MR) is 107 cm³/mol. The fourth-order valence-corrected chi connectivity index (χ4v) is 3.04. The maximum absolute atomic E-state index is 14.5. The topological polar surface area (TPSA) is 49.2 Å². The van der Waals surface area contributed by atoms with Crippen molar-refractivity contribution in [2.24, 2.45) is 0 Å². The Balaban J connectivity index is 1.44. The van der Waals surface area contributed by atoms with Crippen molar-refractivity contribution >= 4 is 24.0 Å². The van der Waals surface area contributed by atoms with Gasteiger partial charge in [-0.3, -0.25) is 0 Å². The number of fused-ring (bicyclic) bond motifs is 3. The molecule has 0 N–H and O–H groups in total. The van der Waals surface area contributed by atoms with Crippen LogP contribution >= 0.6 is 0 Å². The van der Waals surface area contributed by atoms with Gasteiger partial charge in [0.05, 0.1) is 51.0 Å². The van der Waals surface area contributed by atoms with E-state index in [1.807, 2.05) is 24.3 Å². The van der Waals surface area contributed by atoms with Crippen molar-refractivity contribution in [1.82, 2.24) is 0 Å². The summed E-state index contributed by atoms with van der Waals surface area (Å²) >= 11 is 0. The molecule has 0 spiro atoms. The molecule has 158 valence electrons. The van der Waals surface area contributed by atoms with Gasteiger partial charge >= 0.3 is 7.04 Å². The number of hydrogen-bond donors (Lipinski definition) is 0. The summed E-state index contributed by atoms with van der Waals surface area (Å²) in [6.07, 6.45) is 1.45. The molecule has 0 aliphatic carbocycles. The minimum Gasteiger partial charge on any atom is -0.599 e. The second kappa shape index (κ2) is 10.6. The van der Waals surface area contributed by atoms with Crippen LogP contribution in [0.1, 0.15) is 5.56 Å². The van der Waals surface area contributed by atoms with Crippen molar-refractivity contribution < 1.29 is 36.7 Å². The highest BCUT2D eigenvalue weighted by molar-refractivity contribution is 6.52. The van der Waals surface area contributed by atoms with Gasteiger partial charge in [0.25, 0.3) is 0 Å². The third-order valence-electron chi connectivity index (χ3n) is 4.53. The predicted octanol–water partition coefficient (Wildman–Crippen LogP) is 2.73. The Morgan fingerprint density at radius 3 is 2.24 bits per heavy atom. The van der Waals surface area contributed by atoms with Crippen LogP contribution < -0.4 is 4.65 Å². The van der Waals surface area contributed by atoms with E-state index in [0.717, 1.165) is 9.87 Å². The summed E-state index contributed by atoms with van der Waals surface area (Å²) in [7, 11) is -2.55. The zero-order chi connectivity index (χ0) is 20.5. The van der Waals surface area contributed by atoms with Gasteiger partial charge in [0.1, 0.15) is 19.4 Å². The first-order chi connectivity index (χ1) is 14.1. The van der Waals surface area contributed by atoms with Crippen LogP contribution in [-0.4, -0.2) is 77.6 Å². The monoisotopic (exact) mass is 409 g/mol. The minimum atomic E-state index is -4.16. The first kappa shape index (κ1) is 21.6. The molecule has 0 bridgehead atoms. The summed E-state index contributed by atoms with van der Waals surface area (Å²) < 4.78 is 55.9. The lowest BCUT2D eigenvalue weighted by Crippen LogP contribution is -2.50. The van der Waals surface area contributed by atoms with E-state index in [-0.39, 0.29) is 18.9 Å². The lowest BCUT2D eigenvalue weighted by atomic mass is 9.97. The number of benzene rings is 2. The maximum Gasteiger partial charge on any atom is 0.828 e. The van der Waals surface area contributed by atoms with Crippen LogP contribution in [0.2, 0.25) is 0 Å². The van der Waals surface area contributed by atoms with Gasteiger partial charge < -0.3 is 36.7 Å². The van der Waals surface area contributed by atoms with Crippen molar-refractivity contribution in [2.75, 3.05) is 59.9 Å². The number of halogens is 2. The quantitative estimate of drug-likeness (QED) is 0.399. The molecule has 2 aromatic carbocycles. The first-order valence-corrected chi connectivity index (χ1v) is 9.66. The summed E-state index contributed by atoms with van der Waals surface area (Å²) in [4.78, 5) is 0. The molecule has 0 atom stereocenters. The summed E-state index contributed by atoms with van der Waals surface area (Å²) in [5.74, 6) is 0.228. The normalized spacial score (nSPS) is 15.1. The average molecular weight is 409 g/mol. The van der Waals surface area contributed by atoms with E-state index in [1.54, 1.807) is 19.2 Å². The lowest BCUT2D eigenvalue weighted by molar-refractivity contribution is -0.439. The molecule has 29 heavy (non-hydrogen) atoms. The Morgan fingerprint density at radius 2 is 1.52 bits per heavy atom. The highest BCUT2D eigenvalue weighted by Crippen LogP contribution is 2.34. The second-order valence-corrected chi connectivity index (χ2v) is 6.58. The maximum atomic E-state index is 14.5. The molecule has 0 aromatic heterocycles. The summed E-state index contributed by atoms with van der Waals surface area (Å²) in [6, 6.07) is 11.0. The van der Waals surface area contributed by atoms with Crippen molar-refractivity contribution in [3.63, 3.8) is 0 Å². The molecule has 1 aliphatic rings. The van der Waals surface area contributed by atoms with Crippen LogP contribution in [0.4, 0.5) is 8.63 Å². The van der Waals surface area contributed by atoms with Crippen LogP contribution in [0.15, 0.2) is 36.4 Å². The van der Waals surface area contributed by atoms with Crippen LogP contribution in [0.3, 0.4) is 0 Å². The van der Waals surface area contributed by atoms with Crippen molar-refractivity contribution in [1.29, 1.82) is 0 Å². The molecule has 9 heteroatoms. The van der Waals surface area contributed by atoms with E-state index < -0.39 is 7.04 Å². The average Bonchev–Trinajstić information content (AvgIpc) is 2.72. The minimum absolute atomic E-state index is 0.0272. The highest BCUT2D eigenvalue weighted by atomic mass is 19.3. The van der Waals surface area contributed by atoms with Gasteiger partial charge in [0.2, 0.25) is 0 Å². The van der Waals surface area contributed by atoms with E-state index in [0.29, 0.717) is 50.6 Å². The first-order valence-electron chi connectivity index (χ1n) is 9.66. The van der Waals surface area contributed by atoms with Crippen molar-refractivity contribution in [3.05, 3.63) is 42.0 Å². The number of rotatable bonds is 12. The zero-order valence-electron chi connectivity index (χ0n) is 16.5. The smallest absolute Gasteiger partial charge is 0.599 e. The largest absolute Gasteiger partial charge is 0.828 e. The molecular formula is C20H26BF2NO5. The van der Waals surface area contributed by atoms with E-state index >= 15 is 0 Å². The molecular weight excluding hydrogens is 383 g/mol. The molecule has 0 fully saturated rings. The van der Waals surface area contributed by atoms with Gasteiger partial charge in [-0.15, -0.1) is 0 Å². The fourth-order valence-electron chi connectivity index (χ4n) is 3.04. The van der Waals surface area contributed by atoms with Crippen LogP contribution in [0, 0.1) is 0 Å². The van der Waals surface area contributed by atoms with Gasteiger partial charge in [-0.2, -0.15) is 0 Å². The molecule has 0 radical (unpaired) electrons. The molecule has 1 heterocycles. The van der Waals surface area contributed by atoms with Crippen LogP contribution in [0.25, 0.3) is 10.8 Å². The lowest BCUT2D eigenvalue weighted by Gasteiger charge is -2.29. The Bertz CT molecular complexity index is 834. The SMILES string of the molecule is COCCOCCOCCOCC[N+]1=Cc2ccc3ccccc3c2O[B-]1(F)F. The van der Waals surface area contributed by atoms with Gasteiger partial charge in [-0.05, 0) is 11.5 Å². The molecule has 0 saturated carbocycles. The summed E-state index contributed by atoms with van der Waals surface area (Å²) in [6.45, 7) is 2.88. The number of methoxy groups -OCH3 is 1. The highest BCUT2D eigenvalue weighted by Gasteiger charge is 2.48. The van der Waals surface area contributed by atoms with E-state index in [2.05, 4.69) is 0 Å². The van der Waals surface area contributed by atoms with E-state index in [1.165, 1.54) is 6.21 Å². The molecule has 6 nitrogen and oxygen atoms in total. The molecule has 1 aliphatic heterocycles. The van der Waals surface area contributed by atoms with E-state index in [9.17, 15) is 8.63 Å². The van der Waals surface area contributed by atoms with Gasteiger partial charge in [0, 0.05) is 12.5 Å². The second-order valence-electron chi connectivity index (χ2n) is 6.58. The molecule has 0 saturated heterocycles. The molecule has 3 rings (SSSR count). The Hall–Kier alpha value is -2.07.